The summed E-state index contributed by atoms with van der Waals surface area (Å²) in [6, 6.07) is 10.4. The standard InChI is InChI=1S/C20H26N4O/c25-20(24-13-6-1-2-7-14-24)18-15-23-19(16-22-18)21-12-8-11-17-9-4-3-5-10-17/h3-5,9-10,15-16H,1-2,6-8,11-14H2,(H,21,23). The van der Waals surface area contributed by atoms with Crippen LogP contribution in [0.1, 0.15) is 48.2 Å². The van der Waals surface area contributed by atoms with E-state index in [0.717, 1.165) is 51.1 Å². The van der Waals surface area contributed by atoms with Crippen LogP contribution in [0.2, 0.25) is 0 Å². The molecule has 1 N–H and O–H groups in total. The van der Waals surface area contributed by atoms with Gasteiger partial charge in [0.2, 0.25) is 0 Å². The maximum absolute atomic E-state index is 12.5. The maximum Gasteiger partial charge on any atom is 0.274 e. The minimum atomic E-state index is 0.00466. The molecule has 5 heteroatoms. The number of hydrogen-bond donors (Lipinski definition) is 1. The molecule has 1 aromatic heterocycles. The number of likely N-dealkylation sites (tertiary alicyclic amines) is 1. The highest BCUT2D eigenvalue weighted by Crippen LogP contribution is 2.12. The number of carbonyl (C=O) groups excluding carboxylic acids is 1. The van der Waals surface area contributed by atoms with Crippen LogP contribution in [0.3, 0.4) is 0 Å². The topological polar surface area (TPSA) is 58.1 Å². The number of aromatic nitrogens is 2. The first-order valence-electron chi connectivity index (χ1n) is 9.22. The Morgan fingerprint density at radius 2 is 1.76 bits per heavy atom. The number of aryl methyl sites for hydroxylation is 1. The molecular formula is C20H26N4O. The van der Waals surface area contributed by atoms with Crippen LogP contribution in [0.4, 0.5) is 5.82 Å². The number of benzene rings is 1. The van der Waals surface area contributed by atoms with Gasteiger partial charge in [-0.1, -0.05) is 43.2 Å². The second-order valence-corrected chi connectivity index (χ2v) is 6.51. The summed E-state index contributed by atoms with van der Waals surface area (Å²) >= 11 is 0. The lowest BCUT2D eigenvalue weighted by Crippen LogP contribution is -2.32. The van der Waals surface area contributed by atoms with Gasteiger partial charge in [-0.3, -0.25) is 4.79 Å². The van der Waals surface area contributed by atoms with Gasteiger partial charge < -0.3 is 10.2 Å². The molecule has 0 bridgehead atoms. The summed E-state index contributed by atoms with van der Waals surface area (Å²) in [5.74, 6) is 0.727. The molecule has 0 spiro atoms. The number of hydrogen-bond acceptors (Lipinski definition) is 4. The van der Waals surface area contributed by atoms with Crippen molar-refractivity contribution in [3.05, 3.63) is 54.0 Å². The Kier molecular flexibility index (Phi) is 6.37. The second-order valence-electron chi connectivity index (χ2n) is 6.51. The average molecular weight is 338 g/mol. The van der Waals surface area contributed by atoms with Gasteiger partial charge in [0.1, 0.15) is 11.5 Å². The quantitative estimate of drug-likeness (QED) is 0.819. The number of nitrogens with zero attached hydrogens (tertiary/aromatic N) is 3. The Morgan fingerprint density at radius 3 is 2.44 bits per heavy atom. The molecule has 5 nitrogen and oxygen atoms in total. The van der Waals surface area contributed by atoms with Crippen molar-refractivity contribution in [2.24, 2.45) is 0 Å². The van der Waals surface area contributed by atoms with Crippen molar-refractivity contribution < 1.29 is 4.79 Å². The van der Waals surface area contributed by atoms with Crippen LogP contribution in [-0.4, -0.2) is 40.4 Å². The van der Waals surface area contributed by atoms with Crippen molar-refractivity contribution in [1.82, 2.24) is 14.9 Å². The Bertz CT molecular complexity index is 649. The highest BCUT2D eigenvalue weighted by Gasteiger charge is 2.18. The molecule has 0 radical (unpaired) electrons. The van der Waals surface area contributed by atoms with E-state index in [1.165, 1.54) is 18.4 Å². The van der Waals surface area contributed by atoms with Crippen LogP contribution in [-0.2, 0) is 6.42 Å². The molecular weight excluding hydrogens is 312 g/mol. The average Bonchev–Trinajstić information content (AvgIpc) is 2.95. The number of nitrogens with one attached hydrogen (secondary N) is 1. The third kappa shape index (κ3) is 5.28. The molecule has 1 amide bonds. The van der Waals surface area contributed by atoms with Gasteiger partial charge in [-0.2, -0.15) is 0 Å². The molecule has 132 valence electrons. The zero-order chi connectivity index (χ0) is 17.3. The second kappa shape index (κ2) is 9.16. The molecule has 0 aliphatic carbocycles. The molecule has 1 aliphatic heterocycles. The van der Waals surface area contributed by atoms with Crippen molar-refractivity contribution in [2.75, 3.05) is 25.0 Å². The molecule has 0 saturated carbocycles. The Morgan fingerprint density at radius 1 is 1.00 bits per heavy atom. The SMILES string of the molecule is O=C(c1cnc(NCCCc2ccccc2)cn1)N1CCCCCC1. The van der Waals surface area contributed by atoms with Crippen LogP contribution >= 0.6 is 0 Å². The van der Waals surface area contributed by atoms with Crippen LogP contribution in [0.15, 0.2) is 42.7 Å². The minimum Gasteiger partial charge on any atom is -0.369 e. The fourth-order valence-electron chi connectivity index (χ4n) is 3.12. The summed E-state index contributed by atoms with van der Waals surface area (Å²) in [6.07, 6.45) is 9.90. The van der Waals surface area contributed by atoms with Crippen molar-refractivity contribution in [1.29, 1.82) is 0 Å². The first-order valence-corrected chi connectivity index (χ1v) is 9.22. The molecule has 0 unspecified atom stereocenters. The zero-order valence-corrected chi connectivity index (χ0v) is 14.7. The van der Waals surface area contributed by atoms with Gasteiger partial charge >= 0.3 is 0 Å². The van der Waals surface area contributed by atoms with Crippen LogP contribution in [0.25, 0.3) is 0 Å². The van der Waals surface area contributed by atoms with Gasteiger partial charge in [0.15, 0.2) is 0 Å². The van der Waals surface area contributed by atoms with Gasteiger partial charge in [0, 0.05) is 19.6 Å². The summed E-state index contributed by atoms with van der Waals surface area (Å²) < 4.78 is 0. The van der Waals surface area contributed by atoms with Crippen LogP contribution in [0.5, 0.6) is 0 Å². The molecule has 2 heterocycles. The highest BCUT2D eigenvalue weighted by molar-refractivity contribution is 5.92. The third-order valence-corrected chi connectivity index (χ3v) is 4.56. The van der Waals surface area contributed by atoms with Crippen molar-refractivity contribution in [3.63, 3.8) is 0 Å². The fourth-order valence-corrected chi connectivity index (χ4v) is 3.12. The molecule has 2 aromatic rings. The largest absolute Gasteiger partial charge is 0.369 e. The van der Waals surface area contributed by atoms with Crippen molar-refractivity contribution >= 4 is 11.7 Å². The van der Waals surface area contributed by atoms with E-state index < -0.39 is 0 Å². The normalized spacial score (nSPS) is 14.8. The lowest BCUT2D eigenvalue weighted by Gasteiger charge is -2.19. The minimum absolute atomic E-state index is 0.00466. The van der Waals surface area contributed by atoms with Crippen molar-refractivity contribution in [3.8, 4) is 0 Å². The van der Waals surface area contributed by atoms with E-state index in [0.29, 0.717) is 5.69 Å². The summed E-state index contributed by atoms with van der Waals surface area (Å²) in [5.41, 5.74) is 1.78. The van der Waals surface area contributed by atoms with Gasteiger partial charge in [-0.25, -0.2) is 9.97 Å². The Hall–Kier alpha value is -2.43. The Balaban J connectivity index is 1.45. The van der Waals surface area contributed by atoms with E-state index in [-0.39, 0.29) is 5.91 Å². The number of amides is 1. The van der Waals surface area contributed by atoms with Gasteiger partial charge in [0.05, 0.1) is 12.4 Å². The first kappa shape index (κ1) is 17.4. The number of anilines is 1. The molecule has 1 fully saturated rings. The van der Waals surface area contributed by atoms with Gasteiger partial charge in [-0.05, 0) is 31.2 Å². The maximum atomic E-state index is 12.5. The van der Waals surface area contributed by atoms with Gasteiger partial charge in [-0.15, -0.1) is 0 Å². The predicted molar refractivity (Wildman–Crippen MR) is 99.7 cm³/mol. The molecule has 3 rings (SSSR count). The third-order valence-electron chi connectivity index (χ3n) is 4.56. The van der Waals surface area contributed by atoms with E-state index >= 15 is 0 Å². The molecule has 25 heavy (non-hydrogen) atoms. The molecule has 1 saturated heterocycles. The first-order chi connectivity index (χ1) is 12.3. The highest BCUT2D eigenvalue weighted by atomic mass is 16.2. The number of rotatable bonds is 6. The van der Waals surface area contributed by atoms with E-state index in [1.54, 1.807) is 12.4 Å². The van der Waals surface area contributed by atoms with E-state index in [4.69, 9.17) is 0 Å². The Labute approximate surface area is 149 Å². The lowest BCUT2D eigenvalue weighted by molar-refractivity contribution is 0.0755. The van der Waals surface area contributed by atoms with E-state index in [1.807, 2.05) is 11.0 Å². The lowest BCUT2D eigenvalue weighted by atomic mass is 10.1. The summed E-state index contributed by atoms with van der Waals surface area (Å²) in [6.45, 7) is 2.50. The molecule has 1 aromatic carbocycles. The summed E-state index contributed by atoms with van der Waals surface area (Å²) in [7, 11) is 0. The zero-order valence-electron chi connectivity index (χ0n) is 14.7. The summed E-state index contributed by atoms with van der Waals surface area (Å²) in [5, 5.41) is 3.27. The van der Waals surface area contributed by atoms with Gasteiger partial charge in [0.25, 0.3) is 5.91 Å². The summed E-state index contributed by atoms with van der Waals surface area (Å²) in [4.78, 5) is 23.0. The van der Waals surface area contributed by atoms with Crippen LogP contribution < -0.4 is 5.32 Å². The smallest absolute Gasteiger partial charge is 0.274 e. The molecule has 1 aliphatic rings. The van der Waals surface area contributed by atoms with E-state index in [2.05, 4.69) is 39.6 Å². The predicted octanol–water partition coefficient (Wildman–Crippen LogP) is 3.54. The van der Waals surface area contributed by atoms with E-state index in [9.17, 15) is 4.79 Å². The molecule has 0 atom stereocenters. The van der Waals surface area contributed by atoms with Crippen molar-refractivity contribution in [2.45, 2.75) is 38.5 Å². The fraction of sp³-hybridized carbons (Fsp3) is 0.450. The number of carbonyl (C=O) groups is 1. The van der Waals surface area contributed by atoms with Crippen LogP contribution in [0, 0.1) is 0 Å². The monoisotopic (exact) mass is 338 g/mol.